The van der Waals surface area contributed by atoms with Crippen LogP contribution in [0.3, 0.4) is 0 Å². The van der Waals surface area contributed by atoms with Crippen molar-refractivity contribution >= 4 is 23.5 Å². The Morgan fingerprint density at radius 3 is 2.45 bits per heavy atom. The first-order valence-electron chi connectivity index (χ1n) is 12.3. The minimum Gasteiger partial charge on any atom is -0.494 e. The summed E-state index contributed by atoms with van der Waals surface area (Å²) in [6.45, 7) is 3.22. The SMILES string of the molecule is CCC(Nc1nc(Nc2ccc(OC)c(F)c2)nc(NC2CCCCCC2)n1)[C@@H]1CCCN1. The number of rotatable bonds is 9. The Kier molecular flexibility index (Phi) is 8.15. The molecule has 1 saturated carbocycles. The van der Waals surface area contributed by atoms with E-state index in [0.29, 0.717) is 35.6 Å². The molecule has 4 N–H and O–H groups in total. The first-order chi connectivity index (χ1) is 16.1. The topological polar surface area (TPSA) is 96.0 Å². The number of methoxy groups -OCH3 is 1. The van der Waals surface area contributed by atoms with E-state index in [-0.39, 0.29) is 11.8 Å². The van der Waals surface area contributed by atoms with Crippen LogP contribution < -0.4 is 26.0 Å². The number of halogens is 1. The number of nitrogens with one attached hydrogen (secondary N) is 4. The normalized spacial score (nSPS) is 20.2. The Morgan fingerprint density at radius 2 is 1.79 bits per heavy atom. The third kappa shape index (κ3) is 6.43. The second-order valence-electron chi connectivity index (χ2n) is 8.98. The van der Waals surface area contributed by atoms with Crippen LogP contribution in [0, 0.1) is 5.82 Å². The van der Waals surface area contributed by atoms with Crippen molar-refractivity contribution in [2.75, 3.05) is 29.6 Å². The maximum absolute atomic E-state index is 14.2. The van der Waals surface area contributed by atoms with E-state index >= 15 is 0 Å². The number of nitrogens with zero attached hydrogens (tertiary/aromatic N) is 3. The number of anilines is 4. The fourth-order valence-corrected chi connectivity index (χ4v) is 4.75. The molecule has 1 aliphatic carbocycles. The lowest BCUT2D eigenvalue weighted by atomic mass is 10.0. The summed E-state index contributed by atoms with van der Waals surface area (Å²) in [6, 6.07) is 5.69. The highest BCUT2D eigenvalue weighted by atomic mass is 19.1. The largest absolute Gasteiger partial charge is 0.494 e. The molecule has 2 atom stereocenters. The van der Waals surface area contributed by atoms with Gasteiger partial charge in [0.1, 0.15) is 0 Å². The van der Waals surface area contributed by atoms with E-state index in [9.17, 15) is 4.39 Å². The molecule has 0 spiro atoms. The van der Waals surface area contributed by atoms with Gasteiger partial charge in [0.15, 0.2) is 11.6 Å². The van der Waals surface area contributed by atoms with Gasteiger partial charge in [-0.15, -0.1) is 0 Å². The molecule has 2 aromatic rings. The van der Waals surface area contributed by atoms with Crippen molar-refractivity contribution in [1.82, 2.24) is 20.3 Å². The standard InChI is InChI=1S/C24H36FN7O/c1-3-19(20-11-8-14-26-20)29-24-31-22(27-16-9-6-4-5-7-10-16)30-23(32-24)28-17-12-13-21(33-2)18(25)15-17/h12-13,15-16,19-20,26H,3-11,14H2,1-2H3,(H3,27,28,29,30,31,32)/t19?,20-/m0/s1. The summed E-state index contributed by atoms with van der Waals surface area (Å²) in [6.07, 6.45) is 10.5. The molecule has 0 radical (unpaired) electrons. The van der Waals surface area contributed by atoms with Gasteiger partial charge in [-0.05, 0) is 50.8 Å². The zero-order valence-corrected chi connectivity index (χ0v) is 19.7. The summed E-state index contributed by atoms with van der Waals surface area (Å²) in [5, 5.41) is 13.7. The maximum atomic E-state index is 14.2. The van der Waals surface area contributed by atoms with Gasteiger partial charge in [-0.3, -0.25) is 0 Å². The third-order valence-electron chi connectivity index (χ3n) is 6.57. The highest BCUT2D eigenvalue weighted by molar-refractivity contribution is 5.57. The fraction of sp³-hybridized carbons (Fsp3) is 0.625. The van der Waals surface area contributed by atoms with Gasteiger partial charge in [-0.25, -0.2) is 4.39 Å². The van der Waals surface area contributed by atoms with E-state index in [4.69, 9.17) is 9.72 Å². The minimum atomic E-state index is -0.440. The molecule has 180 valence electrons. The second kappa shape index (κ2) is 11.4. The van der Waals surface area contributed by atoms with Crippen LogP contribution in [0.25, 0.3) is 0 Å². The van der Waals surface area contributed by atoms with Gasteiger partial charge in [-0.2, -0.15) is 15.0 Å². The molecule has 33 heavy (non-hydrogen) atoms. The van der Waals surface area contributed by atoms with Crippen LogP contribution in [-0.4, -0.2) is 46.7 Å². The van der Waals surface area contributed by atoms with Crippen LogP contribution >= 0.6 is 0 Å². The van der Waals surface area contributed by atoms with E-state index in [1.54, 1.807) is 12.1 Å². The van der Waals surface area contributed by atoms with Crippen molar-refractivity contribution in [3.05, 3.63) is 24.0 Å². The van der Waals surface area contributed by atoms with Crippen LogP contribution in [0.5, 0.6) is 5.75 Å². The number of hydrogen-bond acceptors (Lipinski definition) is 8. The predicted octanol–water partition coefficient (Wildman–Crippen LogP) is 4.84. The van der Waals surface area contributed by atoms with Gasteiger partial charge in [-0.1, -0.05) is 32.6 Å². The first kappa shape index (κ1) is 23.5. The fourth-order valence-electron chi connectivity index (χ4n) is 4.75. The molecular weight excluding hydrogens is 421 g/mol. The predicted molar refractivity (Wildman–Crippen MR) is 130 cm³/mol. The van der Waals surface area contributed by atoms with Crippen LogP contribution in [0.4, 0.5) is 27.9 Å². The maximum Gasteiger partial charge on any atom is 0.233 e. The number of aromatic nitrogens is 3. The molecule has 8 nitrogen and oxygen atoms in total. The Morgan fingerprint density at radius 1 is 1.03 bits per heavy atom. The third-order valence-corrected chi connectivity index (χ3v) is 6.57. The van der Waals surface area contributed by atoms with E-state index in [1.165, 1.54) is 45.3 Å². The zero-order chi connectivity index (χ0) is 23.0. The Balaban J connectivity index is 1.56. The molecule has 2 heterocycles. The van der Waals surface area contributed by atoms with Gasteiger partial charge < -0.3 is 26.0 Å². The minimum absolute atomic E-state index is 0.198. The number of hydrogen-bond donors (Lipinski definition) is 4. The summed E-state index contributed by atoms with van der Waals surface area (Å²) in [7, 11) is 1.45. The summed E-state index contributed by atoms with van der Waals surface area (Å²) in [5.74, 6) is 1.21. The highest BCUT2D eigenvalue weighted by Gasteiger charge is 2.24. The molecule has 4 rings (SSSR count). The molecule has 9 heteroatoms. The van der Waals surface area contributed by atoms with Gasteiger partial charge in [0.2, 0.25) is 17.8 Å². The molecule has 1 aromatic carbocycles. The molecule has 1 saturated heterocycles. The summed E-state index contributed by atoms with van der Waals surface area (Å²) in [5.41, 5.74) is 0.551. The van der Waals surface area contributed by atoms with Gasteiger partial charge in [0.25, 0.3) is 0 Å². The lowest BCUT2D eigenvalue weighted by Crippen LogP contribution is -2.40. The van der Waals surface area contributed by atoms with Crippen LogP contribution in [0.15, 0.2) is 18.2 Å². The smallest absolute Gasteiger partial charge is 0.233 e. The quantitative estimate of drug-likeness (QED) is 0.397. The monoisotopic (exact) mass is 457 g/mol. The first-order valence-corrected chi connectivity index (χ1v) is 12.3. The molecule has 0 amide bonds. The van der Waals surface area contributed by atoms with E-state index in [1.807, 2.05) is 0 Å². The summed E-state index contributed by atoms with van der Waals surface area (Å²) in [4.78, 5) is 13.9. The van der Waals surface area contributed by atoms with Crippen molar-refractivity contribution in [2.24, 2.45) is 0 Å². The van der Waals surface area contributed by atoms with Gasteiger partial charge in [0.05, 0.1) is 7.11 Å². The van der Waals surface area contributed by atoms with Crippen LogP contribution in [0.2, 0.25) is 0 Å². The van der Waals surface area contributed by atoms with Crippen LogP contribution in [-0.2, 0) is 0 Å². The molecule has 0 bridgehead atoms. The lowest BCUT2D eigenvalue weighted by molar-refractivity contribution is 0.386. The second-order valence-corrected chi connectivity index (χ2v) is 8.98. The molecule has 2 fully saturated rings. The van der Waals surface area contributed by atoms with E-state index in [0.717, 1.165) is 32.2 Å². The van der Waals surface area contributed by atoms with Gasteiger partial charge in [0, 0.05) is 29.9 Å². The Bertz CT molecular complexity index is 898. The Hall–Kier alpha value is -2.68. The Labute approximate surface area is 195 Å². The van der Waals surface area contributed by atoms with Crippen LogP contribution in [0.1, 0.15) is 64.7 Å². The number of benzene rings is 1. The molecule has 2 aliphatic rings. The molecule has 1 unspecified atom stereocenters. The van der Waals surface area contributed by atoms with Crippen molar-refractivity contribution in [3.63, 3.8) is 0 Å². The van der Waals surface area contributed by atoms with E-state index in [2.05, 4.69) is 38.2 Å². The molecular formula is C24H36FN7O. The lowest BCUT2D eigenvalue weighted by Gasteiger charge is -2.24. The molecule has 1 aromatic heterocycles. The van der Waals surface area contributed by atoms with E-state index < -0.39 is 5.82 Å². The molecule has 1 aliphatic heterocycles. The highest BCUT2D eigenvalue weighted by Crippen LogP contribution is 2.25. The van der Waals surface area contributed by atoms with Gasteiger partial charge >= 0.3 is 0 Å². The van der Waals surface area contributed by atoms with Crippen molar-refractivity contribution in [1.29, 1.82) is 0 Å². The number of ether oxygens (including phenoxy) is 1. The van der Waals surface area contributed by atoms with Crippen molar-refractivity contribution in [3.8, 4) is 5.75 Å². The average Bonchev–Trinajstić information content (AvgIpc) is 3.22. The van der Waals surface area contributed by atoms with Crippen molar-refractivity contribution in [2.45, 2.75) is 82.8 Å². The summed E-state index contributed by atoms with van der Waals surface area (Å²) < 4.78 is 19.2. The average molecular weight is 458 g/mol. The van der Waals surface area contributed by atoms with Crippen molar-refractivity contribution < 1.29 is 9.13 Å². The zero-order valence-electron chi connectivity index (χ0n) is 19.7. The summed E-state index contributed by atoms with van der Waals surface area (Å²) >= 11 is 0.